The molecule has 1 unspecified atom stereocenters. The summed E-state index contributed by atoms with van der Waals surface area (Å²) in [5.74, 6) is 0.993. The second kappa shape index (κ2) is 9.43. The molecule has 32 heavy (non-hydrogen) atoms. The lowest BCUT2D eigenvalue weighted by atomic mass is 9.92. The molecule has 0 amide bonds. The lowest BCUT2D eigenvalue weighted by molar-refractivity contribution is 0.395. The number of thiocarbonyl (C=S) groups is 1. The van der Waals surface area contributed by atoms with Gasteiger partial charge < -0.3 is 14.7 Å². The van der Waals surface area contributed by atoms with Crippen molar-refractivity contribution in [2.45, 2.75) is 46.6 Å². The largest absolute Gasteiger partial charge is 0.351 e. The zero-order valence-electron chi connectivity index (χ0n) is 18.8. The first-order valence-electron chi connectivity index (χ1n) is 10.8. The molecule has 0 bridgehead atoms. The van der Waals surface area contributed by atoms with Gasteiger partial charge in [0.25, 0.3) is 5.89 Å². The van der Waals surface area contributed by atoms with E-state index in [1.807, 2.05) is 24.3 Å². The standard InChI is InChI=1S/C25H27ClN4OS/c1-5-6-12-30-17(4)21(22(27-25(30)32)18-11-10-15(2)16(3)13-18)24-28-23(29-31-24)19-8-7-9-20(26)14-19/h7-11,13-14,22H,5-6,12H2,1-4H3,(H,27,32). The van der Waals surface area contributed by atoms with Gasteiger partial charge in [0.05, 0.1) is 11.6 Å². The van der Waals surface area contributed by atoms with E-state index in [2.05, 4.69) is 61.3 Å². The van der Waals surface area contributed by atoms with Crippen LogP contribution in [0.25, 0.3) is 17.0 Å². The Balaban J connectivity index is 1.82. The molecular weight excluding hydrogens is 440 g/mol. The van der Waals surface area contributed by atoms with Gasteiger partial charge in [-0.25, -0.2) is 0 Å². The van der Waals surface area contributed by atoms with Crippen LogP contribution in [0.1, 0.15) is 55.3 Å². The van der Waals surface area contributed by atoms with Gasteiger partial charge >= 0.3 is 0 Å². The van der Waals surface area contributed by atoms with E-state index in [-0.39, 0.29) is 6.04 Å². The summed E-state index contributed by atoms with van der Waals surface area (Å²) in [6.07, 6.45) is 2.13. The van der Waals surface area contributed by atoms with Gasteiger partial charge in [-0.2, -0.15) is 4.98 Å². The quantitative estimate of drug-likeness (QED) is 0.420. The van der Waals surface area contributed by atoms with Crippen molar-refractivity contribution in [1.29, 1.82) is 0 Å². The van der Waals surface area contributed by atoms with E-state index in [9.17, 15) is 0 Å². The normalized spacial score (nSPS) is 16.5. The van der Waals surface area contributed by atoms with E-state index in [1.165, 1.54) is 11.1 Å². The Morgan fingerprint density at radius 2 is 1.94 bits per heavy atom. The number of allylic oxidation sites excluding steroid dienone is 1. The van der Waals surface area contributed by atoms with E-state index in [0.29, 0.717) is 16.7 Å². The summed E-state index contributed by atoms with van der Waals surface area (Å²) in [5.41, 5.74) is 6.38. The summed E-state index contributed by atoms with van der Waals surface area (Å²) in [6, 6.07) is 13.7. The minimum absolute atomic E-state index is 0.174. The second-order valence-corrected chi connectivity index (χ2v) is 8.99. The van der Waals surface area contributed by atoms with Crippen molar-refractivity contribution in [3.05, 3.63) is 75.8 Å². The number of hydrogen-bond donors (Lipinski definition) is 1. The molecule has 0 saturated heterocycles. The van der Waals surface area contributed by atoms with Gasteiger partial charge in [0.1, 0.15) is 0 Å². The van der Waals surface area contributed by atoms with Crippen molar-refractivity contribution < 1.29 is 4.52 Å². The first-order valence-corrected chi connectivity index (χ1v) is 11.6. The molecule has 0 radical (unpaired) electrons. The molecule has 0 saturated carbocycles. The number of hydrogen-bond acceptors (Lipinski definition) is 4. The van der Waals surface area contributed by atoms with Crippen molar-refractivity contribution in [3.63, 3.8) is 0 Å². The SMILES string of the molecule is CCCCN1C(=S)NC(c2ccc(C)c(C)c2)C(c2nc(-c3cccc(Cl)c3)no2)=C1C. The predicted octanol–water partition coefficient (Wildman–Crippen LogP) is 6.47. The molecule has 0 fully saturated rings. The maximum atomic E-state index is 6.16. The smallest absolute Gasteiger partial charge is 0.258 e. The van der Waals surface area contributed by atoms with Gasteiger partial charge in [-0.1, -0.05) is 60.4 Å². The topological polar surface area (TPSA) is 54.2 Å². The van der Waals surface area contributed by atoms with Crippen LogP contribution in [0, 0.1) is 13.8 Å². The number of aryl methyl sites for hydroxylation is 2. The molecule has 0 spiro atoms. The molecule has 1 aromatic heterocycles. The Morgan fingerprint density at radius 1 is 1.12 bits per heavy atom. The van der Waals surface area contributed by atoms with Crippen molar-refractivity contribution in [1.82, 2.24) is 20.4 Å². The van der Waals surface area contributed by atoms with Crippen LogP contribution >= 0.6 is 23.8 Å². The van der Waals surface area contributed by atoms with Crippen molar-refractivity contribution in [2.75, 3.05) is 6.54 Å². The van der Waals surface area contributed by atoms with E-state index < -0.39 is 0 Å². The van der Waals surface area contributed by atoms with Crippen LogP contribution < -0.4 is 5.32 Å². The maximum absolute atomic E-state index is 6.16. The minimum Gasteiger partial charge on any atom is -0.351 e. The summed E-state index contributed by atoms with van der Waals surface area (Å²) < 4.78 is 5.79. The van der Waals surface area contributed by atoms with Gasteiger partial charge in [-0.3, -0.25) is 0 Å². The molecule has 1 N–H and O–H groups in total. The van der Waals surface area contributed by atoms with Gasteiger partial charge in [-0.05, 0) is 68.2 Å². The monoisotopic (exact) mass is 466 g/mol. The van der Waals surface area contributed by atoms with Crippen molar-refractivity contribution in [3.8, 4) is 11.4 Å². The highest BCUT2D eigenvalue weighted by molar-refractivity contribution is 7.80. The van der Waals surface area contributed by atoms with Crippen molar-refractivity contribution >= 4 is 34.5 Å². The fourth-order valence-electron chi connectivity index (χ4n) is 3.92. The Labute approximate surface area is 199 Å². The van der Waals surface area contributed by atoms with Gasteiger partial charge in [-0.15, -0.1) is 0 Å². The van der Waals surface area contributed by atoms with Crippen LogP contribution in [0.15, 0.2) is 52.7 Å². The number of nitrogens with one attached hydrogen (secondary N) is 1. The third-order valence-corrected chi connectivity index (χ3v) is 6.51. The molecule has 4 rings (SSSR count). The number of halogens is 1. The molecule has 3 aromatic rings. The lowest BCUT2D eigenvalue weighted by Gasteiger charge is -2.37. The van der Waals surface area contributed by atoms with Gasteiger partial charge in [0.15, 0.2) is 5.11 Å². The minimum atomic E-state index is -0.174. The second-order valence-electron chi connectivity index (χ2n) is 8.16. The van der Waals surface area contributed by atoms with Crippen LogP contribution in [-0.4, -0.2) is 26.7 Å². The molecular formula is C25H27ClN4OS. The maximum Gasteiger partial charge on any atom is 0.258 e. The number of rotatable bonds is 6. The highest BCUT2D eigenvalue weighted by atomic mass is 35.5. The zero-order chi connectivity index (χ0) is 22.8. The van der Waals surface area contributed by atoms with Gasteiger partial charge in [0, 0.05) is 22.8 Å². The molecule has 1 atom stereocenters. The molecule has 0 aliphatic carbocycles. The molecule has 2 aromatic carbocycles. The molecule has 1 aliphatic heterocycles. The Kier molecular flexibility index (Phi) is 6.63. The number of nitrogens with zero attached hydrogens (tertiary/aromatic N) is 3. The van der Waals surface area contributed by atoms with E-state index in [1.54, 1.807) is 0 Å². The average Bonchev–Trinajstić information content (AvgIpc) is 3.25. The van der Waals surface area contributed by atoms with E-state index >= 15 is 0 Å². The first-order chi connectivity index (χ1) is 15.4. The van der Waals surface area contributed by atoms with Crippen LogP contribution in [0.2, 0.25) is 5.02 Å². The lowest BCUT2D eigenvalue weighted by Crippen LogP contribution is -2.46. The van der Waals surface area contributed by atoms with Crippen molar-refractivity contribution in [2.24, 2.45) is 0 Å². The van der Waals surface area contributed by atoms with Crippen LogP contribution in [0.5, 0.6) is 0 Å². The zero-order valence-corrected chi connectivity index (χ0v) is 20.3. The fraction of sp³-hybridized carbons (Fsp3) is 0.320. The first kappa shape index (κ1) is 22.5. The fourth-order valence-corrected chi connectivity index (χ4v) is 4.45. The van der Waals surface area contributed by atoms with E-state index in [0.717, 1.165) is 46.9 Å². The summed E-state index contributed by atoms with van der Waals surface area (Å²) in [7, 11) is 0. The predicted molar refractivity (Wildman–Crippen MR) is 133 cm³/mol. The Morgan fingerprint density at radius 3 is 2.66 bits per heavy atom. The van der Waals surface area contributed by atoms with Crippen LogP contribution in [0.4, 0.5) is 0 Å². The summed E-state index contributed by atoms with van der Waals surface area (Å²) >= 11 is 11.9. The number of aromatic nitrogens is 2. The average molecular weight is 467 g/mol. The molecule has 1 aliphatic rings. The van der Waals surface area contributed by atoms with E-state index in [4.69, 9.17) is 33.3 Å². The highest BCUT2D eigenvalue weighted by Gasteiger charge is 2.34. The summed E-state index contributed by atoms with van der Waals surface area (Å²) in [4.78, 5) is 6.88. The van der Waals surface area contributed by atoms with Gasteiger partial charge in [0.2, 0.25) is 5.82 Å². The van der Waals surface area contributed by atoms with Crippen LogP contribution in [0.3, 0.4) is 0 Å². The third kappa shape index (κ3) is 4.43. The summed E-state index contributed by atoms with van der Waals surface area (Å²) in [5, 5.41) is 9.12. The summed E-state index contributed by atoms with van der Waals surface area (Å²) in [6.45, 7) is 9.32. The number of benzene rings is 2. The number of unbranched alkanes of at least 4 members (excludes halogenated alkanes) is 1. The Bertz CT molecular complexity index is 1190. The molecule has 5 nitrogen and oxygen atoms in total. The Hall–Kier alpha value is -2.70. The molecule has 2 heterocycles. The highest BCUT2D eigenvalue weighted by Crippen LogP contribution is 2.38. The third-order valence-electron chi connectivity index (χ3n) is 5.94. The molecule has 166 valence electrons. The van der Waals surface area contributed by atoms with Crippen LogP contribution in [-0.2, 0) is 0 Å². The molecule has 7 heteroatoms.